The highest BCUT2D eigenvalue weighted by Gasteiger charge is 2.22. The van der Waals surface area contributed by atoms with E-state index in [0.717, 1.165) is 17.7 Å². The number of hydrogen-bond acceptors (Lipinski definition) is 4. The number of fused-ring (bicyclic) bond motifs is 1. The molecule has 2 aromatic carbocycles. The van der Waals surface area contributed by atoms with Crippen LogP contribution in [0.1, 0.15) is 22.8 Å². The van der Waals surface area contributed by atoms with Crippen LogP contribution in [-0.2, 0) is 11.2 Å². The molecule has 1 heterocycles. The number of benzene rings is 2. The van der Waals surface area contributed by atoms with E-state index in [-0.39, 0.29) is 11.8 Å². The fourth-order valence-electron chi connectivity index (χ4n) is 2.99. The number of nitrogens with one attached hydrogen (secondary N) is 1. The lowest BCUT2D eigenvalue weighted by atomic mass is 10.1. The van der Waals surface area contributed by atoms with E-state index in [1.54, 1.807) is 43.2 Å². The third kappa shape index (κ3) is 3.28. The van der Waals surface area contributed by atoms with Gasteiger partial charge in [0.25, 0.3) is 5.91 Å². The maximum atomic E-state index is 12.5. The second kappa shape index (κ2) is 6.84. The van der Waals surface area contributed by atoms with Gasteiger partial charge in [0, 0.05) is 30.4 Å². The van der Waals surface area contributed by atoms with Crippen LogP contribution < -0.4 is 19.7 Å². The van der Waals surface area contributed by atoms with Crippen LogP contribution in [0.3, 0.4) is 0 Å². The van der Waals surface area contributed by atoms with Crippen LogP contribution in [0.25, 0.3) is 0 Å². The van der Waals surface area contributed by atoms with Gasteiger partial charge < -0.3 is 19.7 Å². The van der Waals surface area contributed by atoms with Gasteiger partial charge in [0.2, 0.25) is 5.91 Å². The summed E-state index contributed by atoms with van der Waals surface area (Å²) in [5, 5.41) is 2.88. The molecule has 0 saturated carbocycles. The van der Waals surface area contributed by atoms with Gasteiger partial charge >= 0.3 is 0 Å². The van der Waals surface area contributed by atoms with Crippen LogP contribution >= 0.6 is 0 Å². The summed E-state index contributed by atoms with van der Waals surface area (Å²) in [5.41, 5.74) is 3.14. The molecule has 0 unspecified atom stereocenters. The van der Waals surface area contributed by atoms with Gasteiger partial charge in [-0.25, -0.2) is 0 Å². The molecular weight excluding hydrogens is 320 g/mol. The minimum absolute atomic E-state index is 0.0286. The molecule has 2 amide bonds. The summed E-state index contributed by atoms with van der Waals surface area (Å²) in [7, 11) is 3.08. The van der Waals surface area contributed by atoms with Gasteiger partial charge in [-0.1, -0.05) is 0 Å². The molecule has 6 nitrogen and oxygen atoms in total. The smallest absolute Gasteiger partial charge is 0.255 e. The van der Waals surface area contributed by atoms with Crippen molar-refractivity contribution in [2.75, 3.05) is 31.0 Å². The second-order valence-electron chi connectivity index (χ2n) is 5.79. The van der Waals surface area contributed by atoms with Gasteiger partial charge in [-0.2, -0.15) is 0 Å². The highest BCUT2D eigenvalue weighted by molar-refractivity contribution is 6.05. The standard InChI is InChI=1S/C19H20N2O4/c1-12(22)21-9-8-13-10-15(5-6-16(13)21)20-19(23)14-4-7-17(24-2)18(11-14)25-3/h4-7,10-11H,8-9H2,1-3H3,(H,20,23). The molecule has 0 fully saturated rings. The summed E-state index contributed by atoms with van der Waals surface area (Å²) < 4.78 is 10.4. The van der Waals surface area contributed by atoms with Gasteiger partial charge in [0.15, 0.2) is 11.5 Å². The van der Waals surface area contributed by atoms with Crippen molar-refractivity contribution in [3.63, 3.8) is 0 Å². The molecule has 1 N–H and O–H groups in total. The lowest BCUT2D eigenvalue weighted by Crippen LogP contribution is -2.25. The van der Waals surface area contributed by atoms with Crippen LogP contribution in [-0.4, -0.2) is 32.6 Å². The SMILES string of the molecule is COc1ccc(C(=O)Nc2ccc3c(c2)CCN3C(C)=O)cc1OC. The first-order chi connectivity index (χ1) is 12.0. The molecule has 1 aliphatic rings. The summed E-state index contributed by atoms with van der Waals surface area (Å²) in [6.07, 6.45) is 0.787. The molecule has 3 rings (SSSR count). The van der Waals surface area contributed by atoms with Crippen molar-refractivity contribution < 1.29 is 19.1 Å². The van der Waals surface area contributed by atoms with Crippen molar-refractivity contribution in [1.82, 2.24) is 0 Å². The molecule has 0 radical (unpaired) electrons. The second-order valence-corrected chi connectivity index (χ2v) is 5.79. The van der Waals surface area contributed by atoms with Crippen LogP contribution in [0, 0.1) is 0 Å². The van der Waals surface area contributed by atoms with Crippen LogP contribution in [0.15, 0.2) is 36.4 Å². The van der Waals surface area contributed by atoms with Crippen molar-refractivity contribution in [2.45, 2.75) is 13.3 Å². The molecule has 6 heteroatoms. The molecule has 0 atom stereocenters. The van der Waals surface area contributed by atoms with E-state index >= 15 is 0 Å². The van der Waals surface area contributed by atoms with Crippen LogP contribution in [0.5, 0.6) is 11.5 Å². The lowest BCUT2D eigenvalue weighted by molar-refractivity contribution is -0.116. The number of rotatable bonds is 4. The Kier molecular flexibility index (Phi) is 4.61. The minimum Gasteiger partial charge on any atom is -0.493 e. The number of methoxy groups -OCH3 is 2. The molecule has 25 heavy (non-hydrogen) atoms. The fourth-order valence-corrected chi connectivity index (χ4v) is 2.99. The molecular formula is C19H20N2O4. The van der Waals surface area contributed by atoms with Crippen molar-refractivity contribution in [2.24, 2.45) is 0 Å². The first-order valence-electron chi connectivity index (χ1n) is 7.98. The highest BCUT2D eigenvalue weighted by atomic mass is 16.5. The van der Waals surface area contributed by atoms with E-state index in [1.807, 2.05) is 12.1 Å². The maximum absolute atomic E-state index is 12.5. The van der Waals surface area contributed by atoms with Crippen molar-refractivity contribution >= 4 is 23.2 Å². The van der Waals surface area contributed by atoms with Crippen LogP contribution in [0.2, 0.25) is 0 Å². The van der Waals surface area contributed by atoms with E-state index < -0.39 is 0 Å². The number of anilines is 2. The van der Waals surface area contributed by atoms with Crippen molar-refractivity contribution in [3.05, 3.63) is 47.5 Å². The Balaban J connectivity index is 1.79. The largest absolute Gasteiger partial charge is 0.493 e. The fraction of sp³-hybridized carbons (Fsp3) is 0.263. The third-order valence-electron chi connectivity index (χ3n) is 4.26. The van der Waals surface area contributed by atoms with Crippen molar-refractivity contribution in [1.29, 1.82) is 0 Å². The molecule has 0 bridgehead atoms. The molecule has 0 saturated heterocycles. The Morgan fingerprint density at radius 1 is 1.04 bits per heavy atom. The van der Waals surface area contributed by atoms with Gasteiger partial charge in [-0.15, -0.1) is 0 Å². The van der Waals surface area contributed by atoms with Gasteiger partial charge in [0.05, 0.1) is 14.2 Å². The molecule has 0 spiro atoms. The summed E-state index contributed by atoms with van der Waals surface area (Å²) in [6, 6.07) is 10.6. The molecule has 1 aliphatic heterocycles. The van der Waals surface area contributed by atoms with Gasteiger partial charge in [-0.3, -0.25) is 9.59 Å². The quantitative estimate of drug-likeness (QED) is 0.929. The number of ether oxygens (including phenoxy) is 2. The topological polar surface area (TPSA) is 67.9 Å². The van der Waals surface area contributed by atoms with Crippen LogP contribution in [0.4, 0.5) is 11.4 Å². The minimum atomic E-state index is -0.234. The highest BCUT2D eigenvalue weighted by Crippen LogP contribution is 2.31. The van der Waals surface area contributed by atoms with E-state index in [1.165, 1.54) is 7.11 Å². The first-order valence-corrected chi connectivity index (χ1v) is 7.98. The monoisotopic (exact) mass is 340 g/mol. The molecule has 2 aromatic rings. The molecule has 130 valence electrons. The average Bonchev–Trinajstić information content (AvgIpc) is 3.04. The predicted octanol–water partition coefficient (Wildman–Crippen LogP) is 2.87. The number of carbonyl (C=O) groups is 2. The maximum Gasteiger partial charge on any atom is 0.255 e. The number of amides is 2. The summed E-state index contributed by atoms with van der Waals surface area (Å²) in [5.74, 6) is 0.866. The average molecular weight is 340 g/mol. The third-order valence-corrected chi connectivity index (χ3v) is 4.26. The lowest BCUT2D eigenvalue weighted by Gasteiger charge is -2.15. The number of nitrogens with zero attached hydrogens (tertiary/aromatic N) is 1. The Hall–Kier alpha value is -3.02. The van der Waals surface area contributed by atoms with Crippen molar-refractivity contribution in [3.8, 4) is 11.5 Å². The zero-order valence-corrected chi connectivity index (χ0v) is 14.5. The molecule has 0 aliphatic carbocycles. The Morgan fingerprint density at radius 2 is 1.80 bits per heavy atom. The Morgan fingerprint density at radius 3 is 2.48 bits per heavy atom. The molecule has 0 aromatic heterocycles. The Bertz CT molecular complexity index is 832. The van der Waals surface area contributed by atoms with Gasteiger partial charge in [-0.05, 0) is 48.4 Å². The Labute approximate surface area is 146 Å². The van der Waals surface area contributed by atoms with Gasteiger partial charge in [0.1, 0.15) is 0 Å². The number of carbonyl (C=O) groups excluding carboxylic acids is 2. The summed E-state index contributed by atoms with van der Waals surface area (Å²) in [6.45, 7) is 2.24. The summed E-state index contributed by atoms with van der Waals surface area (Å²) in [4.78, 5) is 25.8. The predicted molar refractivity (Wildman–Crippen MR) is 95.7 cm³/mol. The van der Waals surface area contributed by atoms with E-state index in [4.69, 9.17) is 9.47 Å². The zero-order chi connectivity index (χ0) is 18.0. The number of hydrogen-bond donors (Lipinski definition) is 1. The zero-order valence-electron chi connectivity index (χ0n) is 14.5. The van der Waals surface area contributed by atoms with E-state index in [9.17, 15) is 9.59 Å². The summed E-state index contributed by atoms with van der Waals surface area (Å²) >= 11 is 0. The van der Waals surface area contributed by atoms with E-state index in [2.05, 4.69) is 5.32 Å². The van der Waals surface area contributed by atoms with E-state index in [0.29, 0.717) is 29.3 Å². The normalized spacial score (nSPS) is 12.5. The first kappa shape index (κ1) is 16.8.